The van der Waals surface area contributed by atoms with Gasteiger partial charge in [0, 0.05) is 30.9 Å². The van der Waals surface area contributed by atoms with E-state index in [9.17, 15) is 0 Å². The molecule has 0 aliphatic rings. The van der Waals surface area contributed by atoms with E-state index >= 15 is 0 Å². The second-order valence-corrected chi connectivity index (χ2v) is 4.20. The molecule has 0 heterocycles. The molecule has 0 radical (unpaired) electrons. The Bertz CT molecular complexity index is 368. The zero-order chi connectivity index (χ0) is 14.1. The lowest BCUT2D eigenvalue weighted by Crippen LogP contribution is -2.23. The SMILES string of the molecule is CCNC(CCOCC)c1ccc(OC)cc1OC. The van der Waals surface area contributed by atoms with Crippen molar-refractivity contribution in [3.63, 3.8) is 0 Å². The minimum Gasteiger partial charge on any atom is -0.497 e. The molecule has 0 aliphatic carbocycles. The summed E-state index contributed by atoms with van der Waals surface area (Å²) in [6.45, 7) is 6.51. The molecule has 0 aliphatic heterocycles. The van der Waals surface area contributed by atoms with E-state index in [1.165, 1.54) is 0 Å². The maximum atomic E-state index is 5.46. The summed E-state index contributed by atoms with van der Waals surface area (Å²) in [5, 5.41) is 3.47. The van der Waals surface area contributed by atoms with Crippen molar-refractivity contribution in [1.29, 1.82) is 0 Å². The van der Waals surface area contributed by atoms with Gasteiger partial charge in [0.1, 0.15) is 11.5 Å². The largest absolute Gasteiger partial charge is 0.497 e. The first-order chi connectivity index (χ1) is 9.26. The average molecular weight is 267 g/mol. The zero-order valence-electron chi connectivity index (χ0n) is 12.4. The van der Waals surface area contributed by atoms with Crippen LogP contribution in [-0.4, -0.2) is 34.0 Å². The van der Waals surface area contributed by atoms with Crippen LogP contribution in [0.2, 0.25) is 0 Å². The minimum atomic E-state index is 0.234. The van der Waals surface area contributed by atoms with Gasteiger partial charge in [-0.15, -0.1) is 0 Å². The van der Waals surface area contributed by atoms with Gasteiger partial charge in [-0.2, -0.15) is 0 Å². The molecule has 0 bridgehead atoms. The van der Waals surface area contributed by atoms with Gasteiger partial charge in [-0.25, -0.2) is 0 Å². The fourth-order valence-corrected chi connectivity index (χ4v) is 2.07. The fraction of sp³-hybridized carbons (Fsp3) is 0.600. The molecule has 0 saturated carbocycles. The Labute approximate surface area is 116 Å². The molecule has 1 rings (SSSR count). The molecule has 108 valence electrons. The quantitative estimate of drug-likeness (QED) is 0.698. The zero-order valence-corrected chi connectivity index (χ0v) is 12.4. The molecule has 4 nitrogen and oxygen atoms in total. The maximum absolute atomic E-state index is 5.46. The van der Waals surface area contributed by atoms with E-state index in [0.29, 0.717) is 0 Å². The number of methoxy groups -OCH3 is 2. The lowest BCUT2D eigenvalue weighted by Gasteiger charge is -2.21. The van der Waals surface area contributed by atoms with Crippen LogP contribution in [0.25, 0.3) is 0 Å². The summed E-state index contributed by atoms with van der Waals surface area (Å²) in [5.41, 5.74) is 1.14. The van der Waals surface area contributed by atoms with Gasteiger partial charge < -0.3 is 19.5 Å². The molecular weight excluding hydrogens is 242 g/mol. The highest BCUT2D eigenvalue weighted by atomic mass is 16.5. The minimum absolute atomic E-state index is 0.234. The van der Waals surface area contributed by atoms with Gasteiger partial charge in [-0.05, 0) is 26.0 Å². The summed E-state index contributed by atoms with van der Waals surface area (Å²) in [7, 11) is 3.34. The predicted molar refractivity (Wildman–Crippen MR) is 77.1 cm³/mol. The van der Waals surface area contributed by atoms with Crippen LogP contribution in [0.3, 0.4) is 0 Å². The van der Waals surface area contributed by atoms with Gasteiger partial charge >= 0.3 is 0 Å². The topological polar surface area (TPSA) is 39.7 Å². The smallest absolute Gasteiger partial charge is 0.127 e. The number of hydrogen-bond donors (Lipinski definition) is 1. The molecule has 0 aromatic heterocycles. The molecule has 0 spiro atoms. The van der Waals surface area contributed by atoms with Crippen LogP contribution in [0, 0.1) is 0 Å². The van der Waals surface area contributed by atoms with Crippen LogP contribution in [-0.2, 0) is 4.74 Å². The van der Waals surface area contributed by atoms with E-state index < -0.39 is 0 Å². The van der Waals surface area contributed by atoms with Crippen molar-refractivity contribution in [2.24, 2.45) is 0 Å². The van der Waals surface area contributed by atoms with Crippen molar-refractivity contribution in [2.75, 3.05) is 34.0 Å². The second kappa shape index (κ2) is 8.77. The van der Waals surface area contributed by atoms with Gasteiger partial charge in [-0.3, -0.25) is 0 Å². The van der Waals surface area contributed by atoms with Crippen LogP contribution in [0.5, 0.6) is 11.5 Å². The van der Waals surface area contributed by atoms with Crippen LogP contribution >= 0.6 is 0 Å². The van der Waals surface area contributed by atoms with Gasteiger partial charge in [-0.1, -0.05) is 13.0 Å². The normalized spacial score (nSPS) is 12.2. The first kappa shape index (κ1) is 15.8. The Kier molecular flexibility index (Phi) is 7.30. The molecule has 1 N–H and O–H groups in total. The molecule has 4 heteroatoms. The molecule has 1 atom stereocenters. The summed E-state index contributed by atoms with van der Waals surface area (Å²) in [5.74, 6) is 1.66. The molecule has 1 unspecified atom stereocenters. The third-order valence-corrected chi connectivity index (χ3v) is 3.02. The predicted octanol–water partition coefficient (Wildman–Crippen LogP) is 2.78. The monoisotopic (exact) mass is 267 g/mol. The lowest BCUT2D eigenvalue weighted by atomic mass is 10.0. The molecule has 0 fully saturated rings. The van der Waals surface area contributed by atoms with Crippen LogP contribution in [0.4, 0.5) is 0 Å². The first-order valence-electron chi connectivity index (χ1n) is 6.79. The maximum Gasteiger partial charge on any atom is 0.127 e. The van der Waals surface area contributed by atoms with E-state index in [4.69, 9.17) is 14.2 Å². The molecule has 0 saturated heterocycles. The van der Waals surface area contributed by atoms with Crippen LogP contribution in [0.15, 0.2) is 18.2 Å². The number of hydrogen-bond acceptors (Lipinski definition) is 4. The standard InChI is InChI=1S/C15H25NO3/c1-5-16-14(9-10-19-6-2)13-8-7-12(17-3)11-15(13)18-4/h7-8,11,14,16H,5-6,9-10H2,1-4H3. The lowest BCUT2D eigenvalue weighted by molar-refractivity contribution is 0.136. The van der Waals surface area contributed by atoms with Crippen molar-refractivity contribution < 1.29 is 14.2 Å². The van der Waals surface area contributed by atoms with Crippen molar-refractivity contribution in [3.05, 3.63) is 23.8 Å². The summed E-state index contributed by atoms with van der Waals surface area (Å²) in [6, 6.07) is 6.16. The van der Waals surface area contributed by atoms with Crippen molar-refractivity contribution in [1.82, 2.24) is 5.32 Å². The van der Waals surface area contributed by atoms with Crippen molar-refractivity contribution in [2.45, 2.75) is 26.3 Å². The Hall–Kier alpha value is -1.26. The highest BCUT2D eigenvalue weighted by Crippen LogP contribution is 2.31. The number of ether oxygens (including phenoxy) is 3. The van der Waals surface area contributed by atoms with Crippen molar-refractivity contribution in [3.8, 4) is 11.5 Å². The Morgan fingerprint density at radius 3 is 2.53 bits per heavy atom. The molecular formula is C15H25NO3. The highest BCUT2D eigenvalue weighted by molar-refractivity contribution is 5.42. The average Bonchev–Trinajstić information content (AvgIpc) is 2.46. The van der Waals surface area contributed by atoms with E-state index in [-0.39, 0.29) is 6.04 Å². The highest BCUT2D eigenvalue weighted by Gasteiger charge is 2.15. The first-order valence-corrected chi connectivity index (χ1v) is 6.79. The summed E-state index contributed by atoms with van der Waals surface area (Å²) >= 11 is 0. The Morgan fingerprint density at radius 1 is 1.16 bits per heavy atom. The van der Waals surface area contributed by atoms with Crippen LogP contribution < -0.4 is 14.8 Å². The summed E-state index contributed by atoms with van der Waals surface area (Å²) in [6.07, 6.45) is 0.921. The van der Waals surface area contributed by atoms with E-state index in [2.05, 4.69) is 18.3 Å². The van der Waals surface area contributed by atoms with Crippen molar-refractivity contribution >= 4 is 0 Å². The summed E-state index contributed by atoms with van der Waals surface area (Å²) in [4.78, 5) is 0. The van der Waals surface area contributed by atoms with Gasteiger partial charge in [0.05, 0.1) is 14.2 Å². The molecule has 1 aromatic carbocycles. The fourth-order valence-electron chi connectivity index (χ4n) is 2.07. The molecule has 1 aromatic rings. The van der Waals surface area contributed by atoms with E-state index in [1.54, 1.807) is 14.2 Å². The Balaban J connectivity index is 2.87. The number of benzene rings is 1. The molecule has 0 amide bonds. The van der Waals surface area contributed by atoms with E-state index in [1.807, 2.05) is 19.1 Å². The van der Waals surface area contributed by atoms with Gasteiger partial charge in [0.15, 0.2) is 0 Å². The number of nitrogens with one attached hydrogen (secondary N) is 1. The van der Waals surface area contributed by atoms with E-state index in [0.717, 1.165) is 43.2 Å². The third kappa shape index (κ3) is 4.73. The van der Waals surface area contributed by atoms with Gasteiger partial charge in [0.2, 0.25) is 0 Å². The van der Waals surface area contributed by atoms with Crippen LogP contribution in [0.1, 0.15) is 31.9 Å². The Morgan fingerprint density at radius 2 is 1.95 bits per heavy atom. The number of rotatable bonds is 9. The summed E-state index contributed by atoms with van der Waals surface area (Å²) < 4.78 is 16.1. The molecule has 19 heavy (non-hydrogen) atoms. The van der Waals surface area contributed by atoms with Gasteiger partial charge in [0.25, 0.3) is 0 Å². The second-order valence-electron chi connectivity index (χ2n) is 4.20. The third-order valence-electron chi connectivity index (χ3n) is 3.02.